The van der Waals surface area contributed by atoms with Crippen LogP contribution in [0, 0.1) is 0 Å². The molecule has 3 heterocycles. The third-order valence-corrected chi connectivity index (χ3v) is 9.11. The fourth-order valence-corrected chi connectivity index (χ4v) is 6.86. The molecule has 5 nitrogen and oxygen atoms in total. The Bertz CT molecular complexity index is 1420. The van der Waals surface area contributed by atoms with Crippen molar-refractivity contribution in [1.82, 2.24) is 10.3 Å². The number of hydrogen-bond donors (Lipinski definition) is 1. The van der Waals surface area contributed by atoms with E-state index in [0.717, 1.165) is 46.2 Å². The van der Waals surface area contributed by atoms with Crippen LogP contribution in [0.5, 0.6) is 5.75 Å². The summed E-state index contributed by atoms with van der Waals surface area (Å²) in [7, 11) is 2.13. The molecule has 0 bridgehead atoms. The van der Waals surface area contributed by atoms with E-state index in [1.165, 1.54) is 24.0 Å². The SMILES string of the molecule is CC1=CC(C)(C)N(C)c2cc(Cl)c([C@H]3[C@@H](c4ccccn4)NC(=S)N3c3ccc(OC4CCCC4)cc3)cc21. The Morgan fingerprint density at radius 3 is 2.51 bits per heavy atom. The van der Waals surface area contributed by atoms with E-state index >= 15 is 0 Å². The van der Waals surface area contributed by atoms with Crippen LogP contribution in [0.4, 0.5) is 11.4 Å². The van der Waals surface area contributed by atoms with E-state index in [1.54, 1.807) is 0 Å². The van der Waals surface area contributed by atoms with Gasteiger partial charge in [0, 0.05) is 35.2 Å². The molecule has 3 aliphatic rings. The highest BCUT2D eigenvalue weighted by Crippen LogP contribution is 2.48. The van der Waals surface area contributed by atoms with Gasteiger partial charge < -0.3 is 19.9 Å². The molecule has 1 saturated carbocycles. The molecule has 6 rings (SSSR count). The van der Waals surface area contributed by atoms with Gasteiger partial charge in [-0.1, -0.05) is 23.7 Å². The lowest BCUT2D eigenvalue weighted by Gasteiger charge is -2.41. The monoisotopic (exact) mass is 558 g/mol. The summed E-state index contributed by atoms with van der Waals surface area (Å²) in [6.45, 7) is 6.62. The van der Waals surface area contributed by atoms with Gasteiger partial charge >= 0.3 is 0 Å². The Morgan fingerprint density at radius 1 is 1.08 bits per heavy atom. The topological polar surface area (TPSA) is 40.6 Å². The Labute approximate surface area is 241 Å². The van der Waals surface area contributed by atoms with E-state index in [2.05, 4.69) is 85.4 Å². The molecule has 2 aliphatic heterocycles. The Kier molecular flexibility index (Phi) is 6.80. The van der Waals surface area contributed by atoms with Crippen LogP contribution in [0.1, 0.15) is 75.4 Å². The lowest BCUT2D eigenvalue weighted by atomic mass is 9.86. The van der Waals surface area contributed by atoms with Gasteiger partial charge in [-0.2, -0.15) is 0 Å². The summed E-state index contributed by atoms with van der Waals surface area (Å²) < 4.78 is 6.23. The summed E-state index contributed by atoms with van der Waals surface area (Å²) in [5.74, 6) is 0.903. The Hall–Kier alpha value is -3.09. The van der Waals surface area contributed by atoms with E-state index in [9.17, 15) is 0 Å². The van der Waals surface area contributed by atoms with E-state index in [-0.39, 0.29) is 17.6 Å². The fraction of sp³-hybridized carbons (Fsp3) is 0.375. The number of nitrogens with one attached hydrogen (secondary N) is 1. The maximum Gasteiger partial charge on any atom is 0.174 e. The quantitative estimate of drug-likeness (QED) is 0.321. The second kappa shape index (κ2) is 10.1. The van der Waals surface area contributed by atoms with Crippen molar-refractivity contribution in [1.29, 1.82) is 0 Å². The van der Waals surface area contributed by atoms with Crippen LogP contribution in [0.25, 0.3) is 5.57 Å². The predicted molar refractivity (Wildman–Crippen MR) is 165 cm³/mol. The highest BCUT2D eigenvalue weighted by Gasteiger charge is 2.42. The molecule has 3 aromatic rings. The maximum absolute atomic E-state index is 7.14. The highest BCUT2D eigenvalue weighted by atomic mass is 35.5. The van der Waals surface area contributed by atoms with Gasteiger partial charge in [-0.15, -0.1) is 0 Å². The van der Waals surface area contributed by atoms with E-state index < -0.39 is 0 Å². The number of anilines is 2. The summed E-state index contributed by atoms with van der Waals surface area (Å²) in [4.78, 5) is 9.17. The number of benzene rings is 2. The molecule has 7 heteroatoms. The molecular weight excluding hydrogens is 524 g/mol. The van der Waals surface area contributed by atoms with Crippen LogP contribution in [0.2, 0.25) is 5.02 Å². The maximum atomic E-state index is 7.14. The molecule has 1 aromatic heterocycles. The largest absolute Gasteiger partial charge is 0.490 e. The average Bonchev–Trinajstić information content (AvgIpc) is 3.55. The number of hydrogen-bond acceptors (Lipinski definition) is 4. The molecule has 2 atom stereocenters. The van der Waals surface area contributed by atoms with Crippen molar-refractivity contribution >= 4 is 45.9 Å². The first-order valence-electron chi connectivity index (χ1n) is 13.8. The standard InChI is InChI=1S/C32H35ClN4OS/c1-20-19-32(2,3)36(4)28-18-26(33)25(17-24(20)28)30-29(27-11-7-8-16-34-27)35-31(39)37(30)21-12-14-23(15-13-21)38-22-9-5-6-10-22/h7-8,11-19,22,29-30H,5-6,9-10H2,1-4H3,(H,35,39)/t29-,30+/m1/s1. The minimum Gasteiger partial charge on any atom is -0.490 e. The molecule has 1 aliphatic carbocycles. The number of aromatic nitrogens is 1. The van der Waals surface area contributed by atoms with Gasteiger partial charge in [0.05, 0.1) is 29.4 Å². The second-order valence-corrected chi connectivity index (χ2v) is 12.2. The zero-order valence-electron chi connectivity index (χ0n) is 22.9. The molecule has 0 unspecified atom stereocenters. The molecule has 0 spiro atoms. The molecule has 0 radical (unpaired) electrons. The van der Waals surface area contributed by atoms with E-state index in [0.29, 0.717) is 11.2 Å². The van der Waals surface area contributed by atoms with Crippen molar-refractivity contribution < 1.29 is 4.74 Å². The summed E-state index contributed by atoms with van der Waals surface area (Å²) >= 11 is 13.1. The van der Waals surface area contributed by atoms with Crippen molar-refractivity contribution in [3.63, 3.8) is 0 Å². The second-order valence-electron chi connectivity index (χ2n) is 11.4. The molecule has 1 saturated heterocycles. The van der Waals surface area contributed by atoms with Gasteiger partial charge in [-0.3, -0.25) is 4.98 Å². The summed E-state index contributed by atoms with van der Waals surface area (Å²) in [5, 5.41) is 4.93. The van der Waals surface area contributed by atoms with Gasteiger partial charge in [-0.25, -0.2) is 0 Å². The zero-order chi connectivity index (χ0) is 27.3. The van der Waals surface area contributed by atoms with Gasteiger partial charge in [-0.05, 0) is 118 Å². The van der Waals surface area contributed by atoms with Crippen molar-refractivity contribution in [3.8, 4) is 5.75 Å². The minimum absolute atomic E-state index is 0.0940. The number of pyridine rings is 1. The van der Waals surface area contributed by atoms with Crippen LogP contribution < -0.4 is 19.9 Å². The fourth-order valence-electron chi connectivity index (χ4n) is 6.25. The normalized spacial score (nSPS) is 22.5. The first-order valence-corrected chi connectivity index (χ1v) is 14.6. The molecule has 2 aromatic carbocycles. The zero-order valence-corrected chi connectivity index (χ0v) is 24.5. The van der Waals surface area contributed by atoms with Crippen LogP contribution in [0.3, 0.4) is 0 Å². The predicted octanol–water partition coefficient (Wildman–Crippen LogP) is 7.87. The Morgan fingerprint density at radius 2 is 1.82 bits per heavy atom. The van der Waals surface area contributed by atoms with Crippen LogP contribution >= 0.6 is 23.8 Å². The number of likely N-dealkylation sites (N-methyl/N-ethyl adjacent to an activating group) is 1. The van der Waals surface area contributed by atoms with Gasteiger partial charge in [0.15, 0.2) is 5.11 Å². The van der Waals surface area contributed by atoms with Gasteiger partial charge in [0.2, 0.25) is 0 Å². The number of thiocarbonyl (C=S) groups is 1. The molecule has 39 heavy (non-hydrogen) atoms. The number of rotatable bonds is 5. The third-order valence-electron chi connectivity index (χ3n) is 8.47. The third kappa shape index (κ3) is 4.78. The molecule has 0 amide bonds. The van der Waals surface area contributed by atoms with Crippen molar-refractivity contribution in [3.05, 3.63) is 88.7 Å². The molecule has 2 fully saturated rings. The van der Waals surface area contributed by atoms with Gasteiger partial charge in [0.25, 0.3) is 0 Å². The summed E-state index contributed by atoms with van der Waals surface area (Å²) in [6, 6.07) is 18.3. The first-order chi connectivity index (χ1) is 18.7. The van der Waals surface area contributed by atoms with E-state index in [4.69, 9.17) is 33.5 Å². The number of allylic oxidation sites excluding steroid dienone is 1. The highest BCUT2D eigenvalue weighted by molar-refractivity contribution is 7.80. The lowest BCUT2D eigenvalue weighted by Crippen LogP contribution is -2.42. The molecule has 202 valence electrons. The van der Waals surface area contributed by atoms with E-state index in [1.807, 2.05) is 24.4 Å². The average molecular weight is 559 g/mol. The van der Waals surface area contributed by atoms with Crippen molar-refractivity contribution in [2.75, 3.05) is 16.8 Å². The van der Waals surface area contributed by atoms with Crippen molar-refractivity contribution in [2.45, 2.75) is 70.2 Å². The van der Waals surface area contributed by atoms with Crippen LogP contribution in [0.15, 0.2) is 66.9 Å². The summed E-state index contributed by atoms with van der Waals surface area (Å²) in [6.07, 6.45) is 9.22. The van der Waals surface area contributed by atoms with Gasteiger partial charge in [0.1, 0.15) is 5.75 Å². The smallest absolute Gasteiger partial charge is 0.174 e. The molecule has 1 N–H and O–H groups in total. The first kappa shape index (κ1) is 26.1. The number of nitrogens with zero attached hydrogens (tertiary/aromatic N) is 3. The molecular formula is C32H35ClN4OS. The summed E-state index contributed by atoms with van der Waals surface area (Å²) in [5.41, 5.74) is 6.41. The lowest BCUT2D eigenvalue weighted by molar-refractivity contribution is 0.210. The Balaban J connectivity index is 1.43. The van der Waals surface area contributed by atoms with Crippen LogP contribution in [-0.2, 0) is 0 Å². The number of ether oxygens (including phenoxy) is 1. The van der Waals surface area contributed by atoms with Crippen LogP contribution in [-0.4, -0.2) is 28.8 Å². The number of halogens is 1. The van der Waals surface area contributed by atoms with Crippen molar-refractivity contribution in [2.24, 2.45) is 0 Å². The number of fused-ring (bicyclic) bond motifs is 1. The minimum atomic E-state index is -0.181.